The molecule has 1 fully saturated rings. The second-order valence-corrected chi connectivity index (χ2v) is 8.03. The summed E-state index contributed by atoms with van der Waals surface area (Å²) in [6.07, 6.45) is 0. The third kappa shape index (κ3) is 4.87. The predicted molar refractivity (Wildman–Crippen MR) is 126 cm³/mol. The highest BCUT2D eigenvalue weighted by Gasteiger charge is 2.31. The Labute approximate surface area is 192 Å². The van der Waals surface area contributed by atoms with E-state index >= 15 is 0 Å². The molecule has 1 aliphatic rings. The lowest BCUT2D eigenvalue weighted by molar-refractivity contribution is -0.121. The molecular weight excluding hydrogens is 429 g/mol. The average molecular weight is 454 g/mol. The van der Waals surface area contributed by atoms with Gasteiger partial charge in [0.15, 0.2) is 0 Å². The maximum Gasteiger partial charge on any atom is 0.246 e. The number of piperazine rings is 1. The number of nitrogens with zero attached hydrogens (tertiary/aromatic N) is 2. The van der Waals surface area contributed by atoms with E-state index in [2.05, 4.69) is 10.2 Å². The Kier molecular flexibility index (Phi) is 6.93. The Hall–Kier alpha value is -3.09. The second-order valence-electron chi connectivity index (χ2n) is 7.63. The number of anilines is 2. The van der Waals surface area contributed by atoms with Crippen molar-refractivity contribution in [2.45, 2.75) is 6.04 Å². The molecule has 32 heavy (non-hydrogen) atoms. The number of carbonyl (C=O) groups excluding carboxylic acids is 1. The molecule has 5 nitrogen and oxygen atoms in total. The molecule has 0 unspecified atom stereocenters. The van der Waals surface area contributed by atoms with Gasteiger partial charge in [0, 0.05) is 31.9 Å². The van der Waals surface area contributed by atoms with Crippen LogP contribution in [0.3, 0.4) is 0 Å². The lowest BCUT2D eigenvalue weighted by atomic mass is 10.0. The normalized spacial score (nSPS) is 15.3. The molecule has 0 radical (unpaired) electrons. The largest absolute Gasteiger partial charge is 0.495 e. The average Bonchev–Trinajstić information content (AvgIpc) is 2.81. The molecule has 1 amide bonds. The zero-order valence-corrected chi connectivity index (χ0v) is 18.6. The Morgan fingerprint density at radius 1 is 1.00 bits per heavy atom. The molecule has 1 heterocycles. The van der Waals surface area contributed by atoms with E-state index in [1.54, 1.807) is 37.4 Å². The first kappa shape index (κ1) is 22.1. The van der Waals surface area contributed by atoms with Gasteiger partial charge in [-0.15, -0.1) is 0 Å². The molecule has 1 N–H and O–H groups in total. The third-order valence-corrected chi connectivity index (χ3v) is 5.95. The van der Waals surface area contributed by atoms with Gasteiger partial charge in [0.05, 0.1) is 17.8 Å². The summed E-state index contributed by atoms with van der Waals surface area (Å²) in [5, 5.41) is 3.42. The summed E-state index contributed by atoms with van der Waals surface area (Å²) < 4.78 is 19.4. The molecule has 1 atom stereocenters. The number of benzene rings is 3. The highest BCUT2D eigenvalue weighted by atomic mass is 35.5. The maximum absolute atomic E-state index is 14.2. The van der Waals surface area contributed by atoms with Crippen LogP contribution in [0, 0.1) is 5.82 Å². The highest BCUT2D eigenvalue weighted by Crippen LogP contribution is 2.30. The van der Waals surface area contributed by atoms with Gasteiger partial charge < -0.3 is 15.0 Å². The number of amides is 1. The monoisotopic (exact) mass is 453 g/mol. The fraction of sp³-hybridized carbons (Fsp3) is 0.240. The van der Waals surface area contributed by atoms with Crippen molar-refractivity contribution in [1.29, 1.82) is 0 Å². The van der Waals surface area contributed by atoms with Crippen LogP contribution in [0.1, 0.15) is 11.6 Å². The fourth-order valence-corrected chi connectivity index (χ4v) is 4.31. The second kappa shape index (κ2) is 10.0. The van der Waals surface area contributed by atoms with E-state index in [0.717, 1.165) is 5.56 Å². The quantitative estimate of drug-likeness (QED) is 0.571. The highest BCUT2D eigenvalue weighted by molar-refractivity contribution is 6.32. The van der Waals surface area contributed by atoms with Crippen LogP contribution >= 0.6 is 11.6 Å². The zero-order chi connectivity index (χ0) is 22.5. The topological polar surface area (TPSA) is 44.8 Å². The molecule has 7 heteroatoms. The zero-order valence-electron chi connectivity index (χ0n) is 17.8. The number of carbonyl (C=O) groups is 1. The van der Waals surface area contributed by atoms with E-state index in [4.69, 9.17) is 16.3 Å². The summed E-state index contributed by atoms with van der Waals surface area (Å²) in [5.74, 6) is 0.181. The molecule has 4 rings (SSSR count). The van der Waals surface area contributed by atoms with Gasteiger partial charge in [-0.3, -0.25) is 9.69 Å². The van der Waals surface area contributed by atoms with E-state index in [0.29, 0.717) is 48.3 Å². The van der Waals surface area contributed by atoms with Crippen molar-refractivity contribution in [2.75, 3.05) is 43.5 Å². The summed E-state index contributed by atoms with van der Waals surface area (Å²) in [6, 6.07) is 21.2. The minimum atomic E-state index is -0.472. The first-order chi connectivity index (χ1) is 15.6. The summed E-state index contributed by atoms with van der Waals surface area (Å²) in [5.41, 5.74) is 2.11. The molecule has 3 aromatic rings. The minimum Gasteiger partial charge on any atom is -0.495 e. The summed E-state index contributed by atoms with van der Waals surface area (Å²) in [4.78, 5) is 17.5. The number of ether oxygens (including phenoxy) is 1. The van der Waals surface area contributed by atoms with Gasteiger partial charge in [-0.25, -0.2) is 4.39 Å². The lowest BCUT2D eigenvalue weighted by Gasteiger charge is -2.39. The summed E-state index contributed by atoms with van der Waals surface area (Å²) in [7, 11) is 1.55. The molecule has 0 bridgehead atoms. The van der Waals surface area contributed by atoms with Crippen LogP contribution in [0.5, 0.6) is 5.75 Å². The van der Waals surface area contributed by atoms with Crippen molar-refractivity contribution >= 4 is 28.9 Å². The van der Waals surface area contributed by atoms with Gasteiger partial charge in [-0.05, 0) is 35.9 Å². The number of hydrogen-bond donors (Lipinski definition) is 1. The van der Waals surface area contributed by atoms with Crippen LogP contribution in [0.2, 0.25) is 5.02 Å². The van der Waals surface area contributed by atoms with Crippen molar-refractivity contribution in [2.24, 2.45) is 0 Å². The molecule has 3 aromatic carbocycles. The SMILES string of the molecule is COc1ccc(NC(=O)[C@H](c2ccccc2)N2CCN(c3ccccc3F)CC2)cc1Cl. The number of nitrogens with one attached hydrogen (secondary N) is 1. The predicted octanol–water partition coefficient (Wildman–Crippen LogP) is 4.99. The fourth-order valence-electron chi connectivity index (χ4n) is 4.05. The first-order valence-electron chi connectivity index (χ1n) is 10.5. The van der Waals surface area contributed by atoms with Gasteiger partial charge in [-0.2, -0.15) is 0 Å². The van der Waals surface area contributed by atoms with Gasteiger partial charge in [0.2, 0.25) is 5.91 Å². The third-order valence-electron chi connectivity index (χ3n) is 5.66. The molecule has 166 valence electrons. The molecular formula is C25H25ClFN3O2. The number of rotatable bonds is 6. The van der Waals surface area contributed by atoms with Gasteiger partial charge in [0.25, 0.3) is 0 Å². The molecule has 1 aliphatic heterocycles. The number of methoxy groups -OCH3 is 1. The van der Waals surface area contributed by atoms with E-state index in [1.165, 1.54) is 6.07 Å². The van der Waals surface area contributed by atoms with Gasteiger partial charge in [-0.1, -0.05) is 54.1 Å². The van der Waals surface area contributed by atoms with Crippen molar-refractivity contribution in [3.05, 3.63) is 89.2 Å². The van der Waals surface area contributed by atoms with Crippen LogP contribution in [-0.4, -0.2) is 44.1 Å². The first-order valence-corrected chi connectivity index (χ1v) is 10.9. The van der Waals surface area contributed by atoms with Crippen LogP contribution in [0.25, 0.3) is 0 Å². The Balaban J connectivity index is 1.52. The lowest BCUT2D eigenvalue weighted by Crippen LogP contribution is -2.50. The Morgan fingerprint density at radius 3 is 2.34 bits per heavy atom. The van der Waals surface area contributed by atoms with Crippen molar-refractivity contribution < 1.29 is 13.9 Å². The molecule has 1 saturated heterocycles. The van der Waals surface area contributed by atoms with Crippen molar-refractivity contribution in [3.8, 4) is 5.75 Å². The smallest absolute Gasteiger partial charge is 0.246 e. The summed E-state index contributed by atoms with van der Waals surface area (Å²) >= 11 is 6.22. The molecule has 0 aliphatic carbocycles. The van der Waals surface area contributed by atoms with E-state index in [1.807, 2.05) is 41.3 Å². The van der Waals surface area contributed by atoms with Crippen LogP contribution in [-0.2, 0) is 4.79 Å². The standard InChI is InChI=1S/C25H25ClFN3O2/c1-32-23-12-11-19(17-20(23)26)28-25(31)24(18-7-3-2-4-8-18)30-15-13-29(14-16-30)22-10-6-5-9-21(22)27/h2-12,17,24H,13-16H2,1H3,(H,28,31)/t24-/m0/s1. The molecule has 0 aromatic heterocycles. The maximum atomic E-state index is 14.2. The minimum absolute atomic E-state index is 0.142. The molecule has 0 saturated carbocycles. The Morgan fingerprint density at radius 2 is 1.69 bits per heavy atom. The van der Waals surface area contributed by atoms with Crippen LogP contribution < -0.4 is 15.0 Å². The van der Waals surface area contributed by atoms with E-state index in [9.17, 15) is 9.18 Å². The van der Waals surface area contributed by atoms with E-state index < -0.39 is 6.04 Å². The van der Waals surface area contributed by atoms with Crippen LogP contribution in [0.4, 0.5) is 15.8 Å². The van der Waals surface area contributed by atoms with Crippen LogP contribution in [0.15, 0.2) is 72.8 Å². The molecule has 0 spiro atoms. The van der Waals surface area contributed by atoms with Crippen molar-refractivity contribution in [3.63, 3.8) is 0 Å². The summed E-state index contributed by atoms with van der Waals surface area (Å²) in [6.45, 7) is 2.52. The van der Waals surface area contributed by atoms with Crippen molar-refractivity contribution in [1.82, 2.24) is 4.90 Å². The van der Waals surface area contributed by atoms with Gasteiger partial charge >= 0.3 is 0 Å². The van der Waals surface area contributed by atoms with Gasteiger partial charge in [0.1, 0.15) is 17.6 Å². The Bertz CT molecular complexity index is 1070. The van der Waals surface area contributed by atoms with E-state index in [-0.39, 0.29) is 11.7 Å². The number of halogens is 2. The number of para-hydroxylation sites is 1. The number of hydrogen-bond acceptors (Lipinski definition) is 4.